The molecule has 9 nitrogen and oxygen atoms in total. The molecule has 0 radical (unpaired) electrons. The second-order valence-corrected chi connectivity index (χ2v) is 5.73. The third-order valence-electron chi connectivity index (χ3n) is 3.84. The number of benzene rings is 1. The van der Waals surface area contributed by atoms with E-state index >= 15 is 0 Å². The zero-order valence-corrected chi connectivity index (χ0v) is 14.2. The lowest BCUT2D eigenvalue weighted by atomic mass is 10.1. The monoisotopic (exact) mass is 360 g/mol. The van der Waals surface area contributed by atoms with Crippen LogP contribution in [0.25, 0.3) is 22.4 Å². The Morgan fingerprint density at radius 2 is 1.63 bits per heavy atom. The maximum Gasteiger partial charge on any atom is 0.224 e. The first-order chi connectivity index (χ1) is 13.1. The first-order valence-electron chi connectivity index (χ1n) is 8.09. The van der Waals surface area contributed by atoms with Crippen molar-refractivity contribution >= 4 is 28.7 Å². The van der Waals surface area contributed by atoms with Crippen molar-refractivity contribution in [3.8, 4) is 17.0 Å². The van der Waals surface area contributed by atoms with Gasteiger partial charge in [-0.1, -0.05) is 6.07 Å². The SMILES string of the molecule is Nc1nc(N)c2nc(-c3ccc(OCc4ccccn4)cc3)c(N)nc2n1. The Morgan fingerprint density at radius 1 is 0.815 bits per heavy atom. The Balaban J connectivity index is 1.61. The van der Waals surface area contributed by atoms with Crippen molar-refractivity contribution in [3.05, 3.63) is 54.4 Å². The van der Waals surface area contributed by atoms with Crippen LogP contribution in [0.5, 0.6) is 5.75 Å². The number of pyridine rings is 1. The lowest BCUT2D eigenvalue weighted by Crippen LogP contribution is -2.06. The minimum Gasteiger partial charge on any atom is -0.487 e. The number of aromatic nitrogens is 5. The first-order valence-corrected chi connectivity index (χ1v) is 8.09. The van der Waals surface area contributed by atoms with Gasteiger partial charge in [0.15, 0.2) is 22.8 Å². The molecule has 134 valence electrons. The quantitative estimate of drug-likeness (QED) is 0.494. The van der Waals surface area contributed by atoms with Gasteiger partial charge in [-0.2, -0.15) is 9.97 Å². The highest BCUT2D eigenvalue weighted by Gasteiger charge is 2.13. The van der Waals surface area contributed by atoms with E-state index < -0.39 is 0 Å². The van der Waals surface area contributed by atoms with Crippen molar-refractivity contribution in [1.29, 1.82) is 0 Å². The van der Waals surface area contributed by atoms with Gasteiger partial charge in [-0.3, -0.25) is 4.98 Å². The van der Waals surface area contributed by atoms with E-state index in [1.165, 1.54) is 0 Å². The third kappa shape index (κ3) is 3.38. The summed E-state index contributed by atoms with van der Waals surface area (Å²) >= 11 is 0. The van der Waals surface area contributed by atoms with Crippen LogP contribution in [-0.4, -0.2) is 24.9 Å². The molecule has 3 aromatic heterocycles. The van der Waals surface area contributed by atoms with Gasteiger partial charge in [0.2, 0.25) is 5.95 Å². The average Bonchev–Trinajstić information content (AvgIpc) is 2.67. The van der Waals surface area contributed by atoms with Gasteiger partial charge in [-0.25, -0.2) is 9.97 Å². The van der Waals surface area contributed by atoms with Crippen molar-refractivity contribution in [1.82, 2.24) is 24.9 Å². The molecule has 0 saturated carbocycles. The Kier molecular flexibility index (Phi) is 4.09. The highest BCUT2D eigenvalue weighted by molar-refractivity contribution is 5.87. The number of anilines is 3. The summed E-state index contributed by atoms with van der Waals surface area (Å²) in [6, 6.07) is 13.0. The summed E-state index contributed by atoms with van der Waals surface area (Å²) in [5, 5.41) is 0. The van der Waals surface area contributed by atoms with Crippen LogP contribution < -0.4 is 21.9 Å². The largest absolute Gasteiger partial charge is 0.487 e. The van der Waals surface area contributed by atoms with Crippen LogP contribution in [0.4, 0.5) is 17.6 Å². The summed E-state index contributed by atoms with van der Waals surface area (Å²) in [5.74, 6) is 1.10. The van der Waals surface area contributed by atoms with Crippen molar-refractivity contribution in [3.63, 3.8) is 0 Å². The third-order valence-corrected chi connectivity index (χ3v) is 3.84. The molecule has 0 spiro atoms. The molecule has 0 fully saturated rings. The van der Waals surface area contributed by atoms with E-state index in [0.717, 1.165) is 11.3 Å². The van der Waals surface area contributed by atoms with Crippen LogP contribution in [0.2, 0.25) is 0 Å². The van der Waals surface area contributed by atoms with E-state index in [-0.39, 0.29) is 23.2 Å². The molecule has 0 atom stereocenters. The number of hydrogen-bond acceptors (Lipinski definition) is 9. The van der Waals surface area contributed by atoms with Gasteiger partial charge < -0.3 is 21.9 Å². The van der Waals surface area contributed by atoms with Crippen molar-refractivity contribution in [2.45, 2.75) is 6.61 Å². The zero-order valence-electron chi connectivity index (χ0n) is 14.2. The summed E-state index contributed by atoms with van der Waals surface area (Å²) in [5.41, 5.74) is 20.2. The van der Waals surface area contributed by atoms with Crippen LogP contribution >= 0.6 is 0 Å². The molecule has 0 amide bonds. The standard InChI is InChI=1S/C18H16N8O/c19-15-13(23-14-16(20)25-18(21)26-17(14)24-15)10-4-6-12(7-5-10)27-9-11-3-1-2-8-22-11/h1-8H,9H2,(H6,19,20,21,24,25,26). The van der Waals surface area contributed by atoms with Crippen LogP contribution in [0.15, 0.2) is 48.7 Å². The molecule has 27 heavy (non-hydrogen) atoms. The Bertz CT molecular complexity index is 1100. The molecular formula is C18H16N8O. The predicted molar refractivity (Wildman–Crippen MR) is 102 cm³/mol. The highest BCUT2D eigenvalue weighted by atomic mass is 16.5. The molecule has 6 N–H and O–H groups in total. The second-order valence-electron chi connectivity index (χ2n) is 5.73. The fourth-order valence-corrected chi connectivity index (χ4v) is 2.56. The second kappa shape index (κ2) is 6.71. The Hall–Kier alpha value is -4.01. The van der Waals surface area contributed by atoms with E-state index in [4.69, 9.17) is 21.9 Å². The maximum atomic E-state index is 6.04. The fourth-order valence-electron chi connectivity index (χ4n) is 2.56. The molecular weight excluding hydrogens is 344 g/mol. The van der Waals surface area contributed by atoms with E-state index in [9.17, 15) is 0 Å². The normalized spacial score (nSPS) is 10.8. The predicted octanol–water partition coefficient (Wildman–Crippen LogP) is 1.81. The molecule has 0 aliphatic heterocycles. The van der Waals surface area contributed by atoms with E-state index in [2.05, 4.69) is 24.9 Å². The smallest absolute Gasteiger partial charge is 0.224 e. The number of hydrogen-bond donors (Lipinski definition) is 3. The summed E-state index contributed by atoms with van der Waals surface area (Å²) in [6.45, 7) is 0.382. The minimum atomic E-state index is 0.0239. The number of ether oxygens (including phenoxy) is 1. The molecule has 0 unspecified atom stereocenters. The van der Waals surface area contributed by atoms with E-state index in [0.29, 0.717) is 23.6 Å². The molecule has 0 bridgehead atoms. The zero-order chi connectivity index (χ0) is 18.8. The van der Waals surface area contributed by atoms with Gasteiger partial charge in [0, 0.05) is 11.8 Å². The first kappa shape index (κ1) is 16.5. The van der Waals surface area contributed by atoms with Crippen LogP contribution in [0.3, 0.4) is 0 Å². The van der Waals surface area contributed by atoms with E-state index in [1.54, 1.807) is 6.20 Å². The van der Waals surface area contributed by atoms with Crippen molar-refractivity contribution in [2.24, 2.45) is 0 Å². The van der Waals surface area contributed by atoms with Gasteiger partial charge >= 0.3 is 0 Å². The molecule has 4 aromatic rings. The number of rotatable bonds is 4. The Morgan fingerprint density at radius 3 is 2.37 bits per heavy atom. The van der Waals surface area contributed by atoms with Crippen molar-refractivity contribution in [2.75, 3.05) is 17.2 Å². The lowest BCUT2D eigenvalue weighted by molar-refractivity contribution is 0.301. The van der Waals surface area contributed by atoms with Crippen LogP contribution in [0.1, 0.15) is 5.69 Å². The van der Waals surface area contributed by atoms with Gasteiger partial charge in [-0.15, -0.1) is 0 Å². The fraction of sp³-hybridized carbons (Fsp3) is 0.0556. The molecule has 9 heteroatoms. The molecule has 1 aromatic carbocycles. The summed E-state index contributed by atoms with van der Waals surface area (Å²) in [4.78, 5) is 20.8. The lowest BCUT2D eigenvalue weighted by Gasteiger charge is -2.09. The minimum absolute atomic E-state index is 0.0239. The van der Waals surface area contributed by atoms with E-state index in [1.807, 2.05) is 42.5 Å². The number of nitrogens with two attached hydrogens (primary N) is 3. The average molecular weight is 360 g/mol. The summed E-state index contributed by atoms with van der Waals surface area (Å²) < 4.78 is 5.73. The summed E-state index contributed by atoms with van der Waals surface area (Å²) in [7, 11) is 0. The van der Waals surface area contributed by atoms with Gasteiger partial charge in [0.25, 0.3) is 0 Å². The molecule has 3 heterocycles. The summed E-state index contributed by atoms with van der Waals surface area (Å²) in [6.07, 6.45) is 1.73. The molecule has 0 saturated heterocycles. The van der Waals surface area contributed by atoms with Crippen LogP contribution in [0, 0.1) is 0 Å². The number of nitrogens with zero attached hydrogens (tertiary/aromatic N) is 5. The molecule has 4 rings (SSSR count). The highest BCUT2D eigenvalue weighted by Crippen LogP contribution is 2.28. The van der Waals surface area contributed by atoms with Crippen molar-refractivity contribution < 1.29 is 4.74 Å². The van der Waals surface area contributed by atoms with Gasteiger partial charge in [0.1, 0.15) is 18.1 Å². The van der Waals surface area contributed by atoms with Crippen LogP contribution in [-0.2, 0) is 6.61 Å². The molecule has 0 aliphatic carbocycles. The topological polar surface area (TPSA) is 152 Å². The van der Waals surface area contributed by atoms with Gasteiger partial charge in [0.05, 0.1) is 5.69 Å². The Labute approximate surface area is 154 Å². The number of nitrogen functional groups attached to an aromatic ring is 3. The number of fused-ring (bicyclic) bond motifs is 1. The maximum absolute atomic E-state index is 6.04. The van der Waals surface area contributed by atoms with Gasteiger partial charge in [-0.05, 0) is 36.4 Å². The molecule has 0 aliphatic rings.